The second kappa shape index (κ2) is 11.8. The Morgan fingerprint density at radius 2 is 1.74 bits per heavy atom. The van der Waals surface area contributed by atoms with Crippen LogP contribution in [-0.2, 0) is 22.6 Å². The average Bonchev–Trinajstić information content (AvgIpc) is 3.67. The van der Waals surface area contributed by atoms with Gasteiger partial charge in [-0.15, -0.1) is 11.3 Å². The largest absolute Gasteiger partial charge is 0.457 e. The molecule has 2 saturated heterocycles. The van der Waals surface area contributed by atoms with Crippen molar-refractivity contribution in [3.05, 3.63) is 81.5 Å². The van der Waals surface area contributed by atoms with Crippen molar-refractivity contribution in [1.82, 2.24) is 9.80 Å². The van der Waals surface area contributed by atoms with Crippen molar-refractivity contribution in [3.63, 3.8) is 0 Å². The molecule has 0 radical (unpaired) electrons. The molecule has 3 aromatic rings. The zero-order valence-electron chi connectivity index (χ0n) is 22.2. The first-order valence-corrected chi connectivity index (χ1v) is 14.8. The first-order chi connectivity index (χ1) is 19.1. The number of amides is 1. The number of hydrogen-bond acceptors (Lipinski definition) is 7. The van der Waals surface area contributed by atoms with Crippen LogP contribution in [-0.4, -0.2) is 66.0 Å². The Morgan fingerprint density at radius 1 is 1.00 bits per heavy atom. The van der Waals surface area contributed by atoms with Crippen LogP contribution < -0.4 is 4.74 Å². The fraction of sp³-hybridized carbons (Fsp3) is 0.452. The Kier molecular flexibility index (Phi) is 7.99. The number of rotatable bonds is 7. The van der Waals surface area contributed by atoms with E-state index in [2.05, 4.69) is 34.5 Å². The molecular formula is C31H36N2O5S. The summed E-state index contributed by atoms with van der Waals surface area (Å²) in [6.07, 6.45) is 3.81. The van der Waals surface area contributed by atoms with E-state index in [1.54, 1.807) is 11.3 Å². The molecule has 1 N–H and O–H groups in total. The first-order valence-electron chi connectivity index (χ1n) is 13.9. The third-order valence-corrected chi connectivity index (χ3v) is 9.10. The highest BCUT2D eigenvalue weighted by Crippen LogP contribution is 2.43. The lowest BCUT2D eigenvalue weighted by molar-refractivity contribution is -0.178. The molecule has 1 spiro atoms. The Morgan fingerprint density at radius 3 is 2.41 bits per heavy atom. The summed E-state index contributed by atoms with van der Waals surface area (Å²) in [4.78, 5) is 18.8. The predicted molar refractivity (Wildman–Crippen MR) is 150 cm³/mol. The molecule has 1 aliphatic carbocycles. The minimum atomic E-state index is -0.370. The van der Waals surface area contributed by atoms with Crippen molar-refractivity contribution in [2.45, 2.75) is 50.5 Å². The van der Waals surface area contributed by atoms with Crippen LogP contribution in [0.2, 0.25) is 0 Å². The van der Waals surface area contributed by atoms with Crippen molar-refractivity contribution < 1.29 is 24.1 Å². The summed E-state index contributed by atoms with van der Waals surface area (Å²) in [5.74, 6) is 1.39. The highest BCUT2D eigenvalue weighted by atomic mass is 32.1. The summed E-state index contributed by atoms with van der Waals surface area (Å²) in [5.41, 5.74) is 2.65. The Hall–Kier alpha value is -2.75. The lowest BCUT2D eigenvalue weighted by atomic mass is 9.80. The van der Waals surface area contributed by atoms with E-state index in [0.29, 0.717) is 36.2 Å². The van der Waals surface area contributed by atoms with Crippen molar-refractivity contribution in [2.24, 2.45) is 0 Å². The van der Waals surface area contributed by atoms with Crippen molar-refractivity contribution in [2.75, 3.05) is 39.4 Å². The zero-order chi connectivity index (χ0) is 26.7. The number of aliphatic hydroxyl groups excluding tert-OH is 1. The predicted octanol–water partition coefficient (Wildman–Crippen LogP) is 5.39. The van der Waals surface area contributed by atoms with Gasteiger partial charge in [0.1, 0.15) is 11.5 Å². The molecular weight excluding hydrogens is 512 g/mol. The number of carbonyl (C=O) groups is 1. The van der Waals surface area contributed by atoms with E-state index >= 15 is 0 Å². The Bertz CT molecular complexity index is 1240. The molecule has 1 aromatic heterocycles. The molecule has 39 heavy (non-hydrogen) atoms. The number of hydrogen-bond donors (Lipinski definition) is 1. The number of benzene rings is 2. The third kappa shape index (κ3) is 6.05. The van der Waals surface area contributed by atoms with Gasteiger partial charge < -0.3 is 24.2 Å². The monoisotopic (exact) mass is 548 g/mol. The average molecular weight is 549 g/mol. The van der Waals surface area contributed by atoms with E-state index in [1.807, 2.05) is 35.2 Å². The molecule has 3 heterocycles. The number of ether oxygens (including phenoxy) is 3. The van der Waals surface area contributed by atoms with Gasteiger partial charge in [-0.25, -0.2) is 0 Å². The fourth-order valence-electron chi connectivity index (χ4n) is 5.96. The maximum absolute atomic E-state index is 13.1. The standard InChI is InChI=1S/C31H36N2O5S/c34-22-26-20-25(23-9-11-31(12-10-23)36-17-18-37-31)5-8-29(26)38-27-6-3-24(4-7-27)30(35)33-15-13-32(14-16-33)21-28-2-1-19-39-28/h1-8,19-20,23,34H,9-18,21-22H2. The van der Waals surface area contributed by atoms with Gasteiger partial charge >= 0.3 is 0 Å². The molecule has 0 atom stereocenters. The molecule has 3 aliphatic rings. The lowest BCUT2D eigenvalue weighted by Crippen LogP contribution is -2.48. The van der Waals surface area contributed by atoms with Crippen molar-refractivity contribution in [1.29, 1.82) is 0 Å². The SMILES string of the molecule is O=C(c1ccc(Oc2ccc(C3CCC4(CC3)OCCO4)cc2CO)cc1)N1CCN(Cc2cccs2)CC1. The Balaban J connectivity index is 1.04. The minimum absolute atomic E-state index is 0.0559. The van der Waals surface area contributed by atoms with E-state index < -0.39 is 0 Å². The molecule has 6 rings (SSSR count). The van der Waals surface area contributed by atoms with E-state index in [4.69, 9.17) is 14.2 Å². The van der Waals surface area contributed by atoms with Gasteiger partial charge in [0.05, 0.1) is 19.8 Å². The molecule has 1 saturated carbocycles. The van der Waals surface area contributed by atoms with Crippen LogP contribution in [0, 0.1) is 0 Å². The van der Waals surface area contributed by atoms with Gasteiger partial charge in [0.15, 0.2) is 5.79 Å². The number of aliphatic hydroxyl groups is 1. The Labute approximate surface area is 233 Å². The van der Waals surface area contributed by atoms with Crippen LogP contribution in [0.4, 0.5) is 0 Å². The second-order valence-corrected chi connectivity index (χ2v) is 11.7. The van der Waals surface area contributed by atoms with Crippen LogP contribution in [0.3, 0.4) is 0 Å². The van der Waals surface area contributed by atoms with Gasteiger partial charge in [-0.05, 0) is 72.2 Å². The number of nitrogens with zero attached hydrogens (tertiary/aromatic N) is 2. The van der Waals surface area contributed by atoms with Gasteiger partial charge in [-0.2, -0.15) is 0 Å². The number of carbonyl (C=O) groups excluding carboxylic acids is 1. The van der Waals surface area contributed by atoms with E-state index in [1.165, 1.54) is 10.4 Å². The normalized spacial score (nSPS) is 20.0. The van der Waals surface area contributed by atoms with Crippen LogP contribution >= 0.6 is 11.3 Å². The van der Waals surface area contributed by atoms with Gasteiger partial charge in [-0.3, -0.25) is 9.69 Å². The first kappa shape index (κ1) is 26.5. The highest BCUT2D eigenvalue weighted by Gasteiger charge is 2.40. The third-order valence-electron chi connectivity index (χ3n) is 8.24. The fourth-order valence-corrected chi connectivity index (χ4v) is 6.71. The van der Waals surface area contributed by atoms with E-state index in [-0.39, 0.29) is 18.3 Å². The van der Waals surface area contributed by atoms with Crippen LogP contribution in [0.15, 0.2) is 60.0 Å². The molecule has 0 bridgehead atoms. The summed E-state index contributed by atoms with van der Waals surface area (Å²) < 4.78 is 17.9. The topological polar surface area (TPSA) is 71.5 Å². The quantitative estimate of drug-likeness (QED) is 0.427. The van der Waals surface area contributed by atoms with Gasteiger partial charge in [0.25, 0.3) is 5.91 Å². The molecule has 2 aromatic carbocycles. The maximum atomic E-state index is 13.1. The van der Waals surface area contributed by atoms with E-state index in [0.717, 1.165) is 64.0 Å². The molecule has 206 valence electrons. The summed E-state index contributed by atoms with van der Waals surface area (Å²) >= 11 is 1.78. The molecule has 7 nitrogen and oxygen atoms in total. The summed E-state index contributed by atoms with van der Waals surface area (Å²) in [5, 5.41) is 12.2. The highest BCUT2D eigenvalue weighted by molar-refractivity contribution is 7.09. The number of thiophene rings is 1. The van der Waals surface area contributed by atoms with Crippen LogP contribution in [0.5, 0.6) is 11.5 Å². The molecule has 8 heteroatoms. The van der Waals surface area contributed by atoms with Gasteiger partial charge in [0.2, 0.25) is 0 Å². The number of piperazine rings is 1. The molecule has 2 aliphatic heterocycles. The lowest BCUT2D eigenvalue weighted by Gasteiger charge is -2.35. The minimum Gasteiger partial charge on any atom is -0.457 e. The molecule has 3 fully saturated rings. The van der Waals surface area contributed by atoms with E-state index in [9.17, 15) is 9.90 Å². The van der Waals surface area contributed by atoms with Crippen molar-refractivity contribution >= 4 is 17.2 Å². The maximum Gasteiger partial charge on any atom is 0.253 e. The smallest absolute Gasteiger partial charge is 0.253 e. The second-order valence-electron chi connectivity index (χ2n) is 10.7. The van der Waals surface area contributed by atoms with Gasteiger partial charge in [-0.1, -0.05) is 12.1 Å². The zero-order valence-corrected chi connectivity index (χ0v) is 23.0. The van der Waals surface area contributed by atoms with Gasteiger partial charge in [0, 0.05) is 61.6 Å². The molecule has 0 unspecified atom stereocenters. The van der Waals surface area contributed by atoms with Crippen molar-refractivity contribution in [3.8, 4) is 11.5 Å². The molecule has 1 amide bonds. The van der Waals surface area contributed by atoms with Crippen LogP contribution in [0.1, 0.15) is 58.0 Å². The summed E-state index contributed by atoms with van der Waals surface area (Å²) in [6.45, 7) is 5.46. The summed E-state index contributed by atoms with van der Waals surface area (Å²) in [6, 6.07) is 17.7. The van der Waals surface area contributed by atoms with Crippen LogP contribution in [0.25, 0.3) is 0 Å². The summed E-state index contributed by atoms with van der Waals surface area (Å²) in [7, 11) is 0.